The average Bonchev–Trinajstić information content (AvgIpc) is 1.55. The molecule has 0 spiro atoms. The highest BCUT2D eigenvalue weighted by Gasteiger charge is 2.25. The maximum Gasteiger partial charge on any atom is 0.225 e. The summed E-state index contributed by atoms with van der Waals surface area (Å²) in [5.41, 5.74) is 44.8. The predicted molar refractivity (Wildman–Crippen MR) is 443 cm³/mol. The number of hydrogen-bond donors (Lipinski definition) is 9. The van der Waals surface area contributed by atoms with Crippen LogP contribution >= 0.6 is 0 Å². The lowest BCUT2D eigenvalue weighted by atomic mass is 10.0. The zero-order valence-corrected chi connectivity index (χ0v) is 62.6. The number of nitrogens with one attached hydrogen (secondary N) is 4. The van der Waals surface area contributed by atoms with E-state index in [9.17, 15) is 26.3 Å². The quantitative estimate of drug-likeness (QED) is 0.0614. The Morgan fingerprint density at radius 3 is 1.05 bits per heavy atom. The molecular formula is C82H53N39. The SMILES string of the molecule is Cn1nnnc1-c1nc(N)c(C#N)nc1-c1ccc2ncccc2c1.N#Cc1nc(-c2ccc3ncccc3c2)c(-c2ccc[nH]2)nc1N.N#Cc1nc(-c2ccc3ncccc3c2)c(-c2ccn[nH]2)nc1N.N#Cc1nc(-c2ccc3ncccc3c2)c(-c2cn[nH]n2)nc1N.N#Cc1nc(-c2ccc3ncccc3c2)c(-c2nn[nH]n2)nc1N. The number of hydrogen-bond acceptors (Lipinski definition) is 34. The van der Waals surface area contributed by atoms with Crippen molar-refractivity contribution in [3.05, 3.63) is 248 Å². The number of nitrogens with two attached hydrogens (primary N) is 5. The van der Waals surface area contributed by atoms with Crippen molar-refractivity contribution < 1.29 is 0 Å². The van der Waals surface area contributed by atoms with E-state index in [2.05, 4.69) is 142 Å². The van der Waals surface area contributed by atoms with E-state index < -0.39 is 0 Å². The monoisotopic (exact) mass is 1580 g/mol. The fourth-order valence-electron chi connectivity index (χ4n) is 12.5. The molecule has 14 N–H and O–H groups in total. The van der Waals surface area contributed by atoms with Gasteiger partial charge in [0.1, 0.15) is 81.6 Å². The Balaban J connectivity index is 0.000000112. The number of rotatable bonds is 10. The smallest absolute Gasteiger partial charge is 0.225 e. The molecule has 20 aromatic rings. The van der Waals surface area contributed by atoms with Crippen LogP contribution in [0, 0.1) is 56.7 Å². The topological polar surface area (TPSA) is 626 Å². The van der Waals surface area contributed by atoms with Crippen LogP contribution in [0.2, 0.25) is 0 Å². The van der Waals surface area contributed by atoms with Crippen molar-refractivity contribution in [3.8, 4) is 144 Å². The van der Waals surface area contributed by atoms with Crippen LogP contribution in [-0.2, 0) is 7.05 Å². The van der Waals surface area contributed by atoms with Crippen molar-refractivity contribution in [2.24, 2.45) is 7.05 Å². The molecule has 15 aromatic heterocycles. The second-order valence-electron chi connectivity index (χ2n) is 25.7. The van der Waals surface area contributed by atoms with E-state index in [-0.39, 0.29) is 63.4 Å². The lowest BCUT2D eigenvalue weighted by Crippen LogP contribution is -2.06. The van der Waals surface area contributed by atoms with Crippen molar-refractivity contribution in [1.82, 2.24) is 146 Å². The number of benzene rings is 5. The molecule has 121 heavy (non-hydrogen) atoms. The Bertz CT molecular complexity index is 6820. The van der Waals surface area contributed by atoms with E-state index in [1.54, 1.807) is 56.5 Å². The van der Waals surface area contributed by atoms with Gasteiger partial charge in [0, 0.05) is 105 Å². The van der Waals surface area contributed by atoms with Gasteiger partial charge in [-0.2, -0.15) is 52.0 Å². The van der Waals surface area contributed by atoms with E-state index in [4.69, 9.17) is 28.7 Å². The first-order valence-corrected chi connectivity index (χ1v) is 35.8. The molecule has 0 atom stereocenters. The number of fused-ring (bicyclic) bond motifs is 5. The highest BCUT2D eigenvalue weighted by molar-refractivity contribution is 5.92. The van der Waals surface area contributed by atoms with Crippen LogP contribution in [0.4, 0.5) is 29.1 Å². The first-order valence-electron chi connectivity index (χ1n) is 35.8. The van der Waals surface area contributed by atoms with E-state index in [1.807, 2.05) is 194 Å². The van der Waals surface area contributed by atoms with Gasteiger partial charge in [0.05, 0.1) is 56.6 Å². The number of tetrazole rings is 2. The first kappa shape index (κ1) is 75.8. The zero-order chi connectivity index (χ0) is 83.5. The molecule has 0 radical (unpaired) electrons. The maximum atomic E-state index is 9.25. The number of nitrogens with zero attached hydrogens (tertiary/aromatic N) is 30. The molecule has 0 fully saturated rings. The van der Waals surface area contributed by atoms with Crippen LogP contribution in [0.15, 0.2) is 219 Å². The third-order valence-corrected chi connectivity index (χ3v) is 18.2. The van der Waals surface area contributed by atoms with E-state index in [1.165, 1.54) is 10.9 Å². The van der Waals surface area contributed by atoms with Gasteiger partial charge in [0.25, 0.3) is 0 Å². The molecule has 0 aliphatic carbocycles. The minimum absolute atomic E-state index is 0.0171. The molecule has 39 nitrogen and oxygen atoms in total. The molecule has 15 heterocycles. The summed E-state index contributed by atoms with van der Waals surface area (Å²) < 4.78 is 1.47. The summed E-state index contributed by atoms with van der Waals surface area (Å²) >= 11 is 0. The van der Waals surface area contributed by atoms with Gasteiger partial charge in [0.2, 0.25) is 11.6 Å². The van der Waals surface area contributed by atoms with Crippen molar-refractivity contribution in [3.63, 3.8) is 0 Å². The summed E-state index contributed by atoms with van der Waals surface area (Å²) in [5, 5.41) is 93.3. The summed E-state index contributed by atoms with van der Waals surface area (Å²) in [6, 6.07) is 63.1. The van der Waals surface area contributed by atoms with Crippen molar-refractivity contribution in [2.45, 2.75) is 0 Å². The summed E-state index contributed by atoms with van der Waals surface area (Å²) in [4.78, 5) is 68.2. The largest absolute Gasteiger partial charge is 0.381 e. The second-order valence-corrected chi connectivity index (χ2v) is 25.7. The van der Waals surface area contributed by atoms with Gasteiger partial charge in [-0.1, -0.05) is 60.7 Å². The number of aromatic amines is 4. The number of nitrogen functional groups attached to an aromatic ring is 5. The summed E-state index contributed by atoms with van der Waals surface area (Å²) in [6.07, 6.45) is 13.7. The molecular weight excluding hydrogens is 1530 g/mol. The van der Waals surface area contributed by atoms with E-state index >= 15 is 0 Å². The van der Waals surface area contributed by atoms with Crippen LogP contribution in [0.1, 0.15) is 28.5 Å². The van der Waals surface area contributed by atoms with E-state index in [0.717, 1.165) is 88.0 Å². The molecule has 20 rings (SSSR count). The minimum atomic E-state index is 0.0171. The van der Waals surface area contributed by atoms with Gasteiger partial charge in [-0.05, 0) is 125 Å². The first-order chi connectivity index (χ1) is 59.2. The predicted octanol–water partition coefficient (Wildman–Crippen LogP) is 10.3. The Morgan fingerprint density at radius 1 is 0.339 bits per heavy atom. The molecule has 0 aliphatic heterocycles. The van der Waals surface area contributed by atoms with Gasteiger partial charge < -0.3 is 33.7 Å². The number of nitriles is 5. The van der Waals surface area contributed by atoms with Crippen LogP contribution in [0.25, 0.3) is 168 Å². The fourth-order valence-corrected chi connectivity index (χ4v) is 12.5. The zero-order valence-electron chi connectivity index (χ0n) is 62.6. The maximum absolute atomic E-state index is 9.25. The lowest BCUT2D eigenvalue weighted by Gasteiger charge is -2.10. The van der Waals surface area contributed by atoms with Crippen molar-refractivity contribution in [1.29, 1.82) is 26.3 Å². The van der Waals surface area contributed by atoms with E-state index in [0.29, 0.717) is 74.2 Å². The summed E-state index contributed by atoms with van der Waals surface area (Å²) in [7, 11) is 1.69. The molecule has 576 valence electrons. The third-order valence-electron chi connectivity index (χ3n) is 18.2. The van der Waals surface area contributed by atoms with Crippen LogP contribution in [0.5, 0.6) is 0 Å². The van der Waals surface area contributed by atoms with Crippen molar-refractivity contribution in [2.75, 3.05) is 28.7 Å². The molecule has 0 saturated heterocycles. The van der Waals surface area contributed by atoms with Gasteiger partial charge in [0.15, 0.2) is 57.6 Å². The minimum Gasteiger partial charge on any atom is -0.381 e. The lowest BCUT2D eigenvalue weighted by molar-refractivity contribution is 0.713. The Hall–Kier alpha value is -19.2. The number of H-pyrrole nitrogens is 4. The normalized spacial score (nSPS) is 10.6. The Kier molecular flexibility index (Phi) is 21.0. The van der Waals surface area contributed by atoms with Gasteiger partial charge >= 0.3 is 0 Å². The standard InChI is InChI=1S/C18H12N6.C17H11N7.C16H11N9.C16H10N8.C15H9N9/c19-10-15-18(20)24-17(14-4-2-8-22-14)16(23-15)12-5-6-13-11(9-12)3-1-7-21-13;18-9-14-17(19)23-16(13-5-7-21-24-13)15(22-14)11-3-4-12-10(8-11)2-1-6-20-12;1-25-16(22-23-24-25)14-13(20-12(8-17)15(18)21-14)10-4-5-11-9(7-10)3-2-6-19-11;17-7-12-16(18)22-15(13-8-20-24-23-13)14(21-12)10-3-4-11-9(6-10)2-1-5-19-11;16-7-11-14(17)20-13(15-21-23-24-22-15)12(19-11)9-3-4-10-8(6-9)2-1-5-18-10/h1-9,22H,(H2,20,24);1-8H,(H2,19,23)(H,21,24);2-7H,1H3,(H2,18,21);1-6,8H,(H2,18,22)(H,20,23,24);1-6H,(H2,17,20)(H,21,22,23,24). The molecule has 39 heteroatoms. The molecule has 5 aromatic carbocycles. The van der Waals surface area contributed by atoms with Gasteiger partial charge in [-0.15, -0.1) is 15.3 Å². The molecule has 0 unspecified atom stereocenters. The van der Waals surface area contributed by atoms with Crippen LogP contribution in [-0.4, -0.2) is 146 Å². The molecule has 0 saturated carbocycles. The number of aryl methyl sites for hydroxylation is 1. The summed E-state index contributed by atoms with van der Waals surface area (Å²) in [5.74, 6) is 0.975. The fraction of sp³-hybridized carbons (Fsp3) is 0.0122. The van der Waals surface area contributed by atoms with Crippen LogP contribution < -0.4 is 28.7 Å². The molecule has 0 aliphatic rings. The summed E-state index contributed by atoms with van der Waals surface area (Å²) in [6.45, 7) is 0. The van der Waals surface area contributed by atoms with Crippen molar-refractivity contribution >= 4 is 83.6 Å². The Morgan fingerprint density at radius 2 is 0.711 bits per heavy atom. The highest BCUT2D eigenvalue weighted by atomic mass is 15.5. The number of pyridine rings is 5. The third kappa shape index (κ3) is 15.9. The van der Waals surface area contributed by atoms with Gasteiger partial charge in [-0.25, -0.2) is 54.5 Å². The number of anilines is 5. The Labute approximate surface area is 680 Å². The molecule has 0 bridgehead atoms. The highest BCUT2D eigenvalue weighted by Crippen LogP contribution is 2.37. The average molecular weight is 1580 g/mol. The van der Waals surface area contributed by atoms with Gasteiger partial charge in [-0.3, -0.25) is 30.0 Å². The van der Waals surface area contributed by atoms with Crippen LogP contribution in [0.3, 0.4) is 0 Å². The second kappa shape index (κ2) is 33.6. The molecule has 0 amide bonds. The number of aromatic nitrogens is 29.